The molecule has 0 amide bonds. The zero-order valence-corrected chi connectivity index (χ0v) is 10.2. The van der Waals surface area contributed by atoms with Crippen molar-refractivity contribution in [1.29, 1.82) is 5.26 Å². The van der Waals surface area contributed by atoms with E-state index < -0.39 is 0 Å². The van der Waals surface area contributed by atoms with Crippen LogP contribution in [0.5, 0.6) is 5.75 Å². The minimum absolute atomic E-state index is 0.0264. The largest absolute Gasteiger partial charge is 0.491 e. The van der Waals surface area contributed by atoms with E-state index in [1.165, 1.54) is 0 Å². The number of hydrogen-bond acceptors (Lipinski definition) is 5. The predicted molar refractivity (Wildman–Crippen MR) is 68.8 cm³/mol. The molecular weight excluding hydrogens is 230 g/mol. The number of benzene rings is 1. The van der Waals surface area contributed by atoms with Crippen LogP contribution in [0.15, 0.2) is 18.2 Å². The normalized spacial score (nSPS) is 15.2. The van der Waals surface area contributed by atoms with Gasteiger partial charge in [-0.25, -0.2) is 0 Å². The van der Waals surface area contributed by atoms with Crippen LogP contribution in [0.25, 0.3) is 0 Å². The first-order valence-electron chi connectivity index (χ1n) is 6.08. The molecule has 0 aromatic heterocycles. The lowest BCUT2D eigenvalue weighted by Gasteiger charge is -2.30. The van der Waals surface area contributed by atoms with Crippen molar-refractivity contribution in [3.05, 3.63) is 23.8 Å². The first-order chi connectivity index (χ1) is 8.85. The second kappa shape index (κ2) is 6.24. The van der Waals surface area contributed by atoms with Crippen molar-refractivity contribution in [3.8, 4) is 11.8 Å². The van der Waals surface area contributed by atoms with Crippen LogP contribution in [0.4, 0.5) is 5.69 Å². The van der Waals surface area contributed by atoms with Gasteiger partial charge >= 0.3 is 0 Å². The average molecular weight is 247 g/mol. The Bertz CT molecular complexity index is 436. The number of aliphatic hydroxyl groups is 1. The standard InChI is InChI=1S/C13H17N3O2/c14-10-11-9-12(18-8-7-17)1-2-13(11)16-5-3-15-4-6-16/h1-2,9,15,17H,3-8H2. The topological polar surface area (TPSA) is 68.5 Å². The van der Waals surface area contributed by atoms with Gasteiger partial charge in [-0.3, -0.25) is 0 Å². The highest BCUT2D eigenvalue weighted by atomic mass is 16.5. The summed E-state index contributed by atoms with van der Waals surface area (Å²) < 4.78 is 5.31. The van der Waals surface area contributed by atoms with Gasteiger partial charge in [-0.05, 0) is 18.2 Å². The zero-order chi connectivity index (χ0) is 12.8. The third-order valence-corrected chi connectivity index (χ3v) is 2.91. The van der Waals surface area contributed by atoms with E-state index in [1.54, 1.807) is 6.07 Å². The highest BCUT2D eigenvalue weighted by Gasteiger charge is 2.14. The molecule has 0 aliphatic carbocycles. The van der Waals surface area contributed by atoms with E-state index in [9.17, 15) is 5.26 Å². The molecule has 1 heterocycles. The van der Waals surface area contributed by atoms with Crippen molar-refractivity contribution < 1.29 is 9.84 Å². The summed E-state index contributed by atoms with van der Waals surface area (Å²) in [5.41, 5.74) is 1.57. The summed E-state index contributed by atoms with van der Waals surface area (Å²) in [4.78, 5) is 2.20. The molecule has 0 spiro atoms. The van der Waals surface area contributed by atoms with Gasteiger partial charge < -0.3 is 20.1 Å². The lowest BCUT2D eigenvalue weighted by Crippen LogP contribution is -2.43. The molecule has 2 N–H and O–H groups in total. The fourth-order valence-electron chi connectivity index (χ4n) is 2.04. The number of nitriles is 1. The molecule has 0 unspecified atom stereocenters. The number of hydrogen-bond donors (Lipinski definition) is 2. The minimum Gasteiger partial charge on any atom is -0.491 e. The van der Waals surface area contributed by atoms with Crippen LogP contribution < -0.4 is 15.0 Å². The van der Waals surface area contributed by atoms with Crippen LogP contribution in [0, 0.1) is 11.3 Å². The summed E-state index contributed by atoms with van der Waals surface area (Å²) >= 11 is 0. The molecule has 1 aromatic carbocycles. The van der Waals surface area contributed by atoms with Gasteiger partial charge in [0.15, 0.2) is 0 Å². The number of piperazine rings is 1. The lowest BCUT2D eigenvalue weighted by atomic mass is 10.1. The van der Waals surface area contributed by atoms with E-state index in [4.69, 9.17) is 9.84 Å². The SMILES string of the molecule is N#Cc1cc(OCCO)ccc1N1CCNCC1. The Morgan fingerprint density at radius 3 is 2.83 bits per heavy atom. The molecule has 5 nitrogen and oxygen atoms in total. The van der Waals surface area contributed by atoms with Gasteiger partial charge in [-0.15, -0.1) is 0 Å². The number of nitrogens with one attached hydrogen (secondary N) is 1. The van der Waals surface area contributed by atoms with Crippen molar-refractivity contribution in [2.45, 2.75) is 0 Å². The third-order valence-electron chi connectivity index (χ3n) is 2.91. The van der Waals surface area contributed by atoms with Crippen molar-refractivity contribution in [1.82, 2.24) is 5.32 Å². The fraction of sp³-hybridized carbons (Fsp3) is 0.462. The molecule has 1 aromatic rings. The molecule has 2 rings (SSSR count). The Hall–Kier alpha value is -1.77. The molecule has 96 valence electrons. The van der Waals surface area contributed by atoms with Gasteiger partial charge in [-0.2, -0.15) is 5.26 Å². The summed E-state index contributed by atoms with van der Waals surface area (Å²) in [6.45, 7) is 3.91. The summed E-state index contributed by atoms with van der Waals surface area (Å²) in [6, 6.07) is 7.69. The summed E-state index contributed by atoms with van der Waals surface area (Å²) in [6.07, 6.45) is 0. The van der Waals surface area contributed by atoms with Crippen LogP contribution in [0.1, 0.15) is 5.56 Å². The van der Waals surface area contributed by atoms with Crippen molar-refractivity contribution >= 4 is 5.69 Å². The summed E-state index contributed by atoms with van der Waals surface area (Å²) in [5.74, 6) is 0.625. The summed E-state index contributed by atoms with van der Waals surface area (Å²) in [5, 5.41) is 21.2. The molecule has 1 aliphatic rings. The number of nitrogens with zero attached hydrogens (tertiary/aromatic N) is 2. The van der Waals surface area contributed by atoms with Crippen molar-refractivity contribution in [2.24, 2.45) is 0 Å². The summed E-state index contributed by atoms with van der Waals surface area (Å²) in [7, 11) is 0. The third kappa shape index (κ3) is 2.92. The molecule has 5 heteroatoms. The second-order valence-electron chi connectivity index (χ2n) is 4.10. The first-order valence-corrected chi connectivity index (χ1v) is 6.08. The van der Waals surface area contributed by atoms with Gasteiger partial charge in [0.2, 0.25) is 0 Å². The van der Waals surface area contributed by atoms with Crippen LogP contribution in [-0.4, -0.2) is 44.5 Å². The number of anilines is 1. The zero-order valence-electron chi connectivity index (χ0n) is 10.2. The Morgan fingerprint density at radius 1 is 1.39 bits per heavy atom. The maximum atomic E-state index is 9.20. The first kappa shape index (κ1) is 12.7. The number of ether oxygens (including phenoxy) is 1. The van der Waals surface area contributed by atoms with Gasteiger partial charge in [0.1, 0.15) is 18.4 Å². The average Bonchev–Trinajstić information content (AvgIpc) is 2.45. The van der Waals surface area contributed by atoms with E-state index in [0.717, 1.165) is 31.9 Å². The molecule has 1 aliphatic heterocycles. The highest BCUT2D eigenvalue weighted by molar-refractivity contribution is 5.61. The predicted octanol–water partition coefficient (Wildman–Crippen LogP) is 0.339. The van der Waals surface area contributed by atoms with Gasteiger partial charge in [-0.1, -0.05) is 0 Å². The van der Waals surface area contributed by atoms with E-state index in [0.29, 0.717) is 11.3 Å². The van der Waals surface area contributed by atoms with E-state index in [1.807, 2.05) is 12.1 Å². The maximum absolute atomic E-state index is 9.20. The van der Waals surface area contributed by atoms with Crippen LogP contribution in [0.3, 0.4) is 0 Å². The van der Waals surface area contributed by atoms with E-state index in [2.05, 4.69) is 16.3 Å². The van der Waals surface area contributed by atoms with Crippen molar-refractivity contribution in [2.75, 3.05) is 44.3 Å². The van der Waals surface area contributed by atoms with E-state index in [-0.39, 0.29) is 13.2 Å². The Labute approximate surface area is 107 Å². The Morgan fingerprint density at radius 2 is 2.17 bits per heavy atom. The number of aliphatic hydroxyl groups excluding tert-OH is 1. The van der Waals surface area contributed by atoms with Crippen molar-refractivity contribution in [3.63, 3.8) is 0 Å². The van der Waals surface area contributed by atoms with Crippen LogP contribution in [-0.2, 0) is 0 Å². The van der Waals surface area contributed by atoms with Crippen LogP contribution >= 0.6 is 0 Å². The molecular formula is C13H17N3O2. The molecule has 0 bridgehead atoms. The lowest BCUT2D eigenvalue weighted by molar-refractivity contribution is 0.201. The fourth-order valence-corrected chi connectivity index (χ4v) is 2.04. The second-order valence-corrected chi connectivity index (χ2v) is 4.10. The molecule has 18 heavy (non-hydrogen) atoms. The minimum atomic E-state index is -0.0264. The maximum Gasteiger partial charge on any atom is 0.120 e. The van der Waals surface area contributed by atoms with E-state index >= 15 is 0 Å². The molecule has 0 atom stereocenters. The monoisotopic (exact) mass is 247 g/mol. The van der Waals surface area contributed by atoms with Gasteiger partial charge in [0.05, 0.1) is 17.9 Å². The molecule has 0 saturated carbocycles. The van der Waals surface area contributed by atoms with Gasteiger partial charge in [0, 0.05) is 26.2 Å². The smallest absolute Gasteiger partial charge is 0.120 e. The highest BCUT2D eigenvalue weighted by Crippen LogP contribution is 2.25. The Kier molecular flexibility index (Phi) is 4.40. The molecule has 1 saturated heterocycles. The molecule has 1 fully saturated rings. The number of rotatable bonds is 4. The molecule has 0 radical (unpaired) electrons. The van der Waals surface area contributed by atoms with Crippen LogP contribution in [0.2, 0.25) is 0 Å². The quantitative estimate of drug-likeness (QED) is 0.803. The van der Waals surface area contributed by atoms with Gasteiger partial charge in [0.25, 0.3) is 0 Å². The Balaban J connectivity index is 2.17.